The highest BCUT2D eigenvalue weighted by Gasteiger charge is 2.13. The van der Waals surface area contributed by atoms with E-state index < -0.39 is 5.82 Å². The minimum absolute atomic E-state index is 0.126. The van der Waals surface area contributed by atoms with Crippen molar-refractivity contribution >= 4 is 11.6 Å². The summed E-state index contributed by atoms with van der Waals surface area (Å²) in [6.45, 7) is 1.35. The number of hydrogen-bond acceptors (Lipinski definition) is 2. The molecule has 0 bridgehead atoms. The van der Waals surface area contributed by atoms with Crippen LogP contribution in [0.3, 0.4) is 0 Å². The van der Waals surface area contributed by atoms with E-state index >= 15 is 0 Å². The highest BCUT2D eigenvalue weighted by Crippen LogP contribution is 2.20. The van der Waals surface area contributed by atoms with Crippen molar-refractivity contribution in [3.05, 3.63) is 29.0 Å². The van der Waals surface area contributed by atoms with Crippen molar-refractivity contribution in [1.29, 1.82) is 0 Å². The van der Waals surface area contributed by atoms with E-state index in [0.717, 1.165) is 6.54 Å². The highest BCUT2D eigenvalue weighted by atomic mass is 35.5. The first kappa shape index (κ1) is 12.7. The molecule has 2 nitrogen and oxygen atoms in total. The van der Waals surface area contributed by atoms with Crippen LogP contribution in [-0.2, 0) is 0 Å². The molecule has 0 amide bonds. The van der Waals surface area contributed by atoms with Gasteiger partial charge in [-0.3, -0.25) is 0 Å². The van der Waals surface area contributed by atoms with Gasteiger partial charge < -0.3 is 10.1 Å². The molecule has 1 fully saturated rings. The lowest BCUT2D eigenvalue weighted by Crippen LogP contribution is -2.30. The molecule has 0 radical (unpaired) electrons. The van der Waals surface area contributed by atoms with E-state index in [1.807, 2.05) is 0 Å². The zero-order chi connectivity index (χ0) is 12.1. The summed E-state index contributed by atoms with van der Waals surface area (Å²) >= 11 is 5.59. The number of hydrogen-bond donors (Lipinski definition) is 1. The van der Waals surface area contributed by atoms with Crippen LogP contribution >= 0.6 is 11.6 Å². The molecule has 0 unspecified atom stereocenters. The fourth-order valence-corrected chi connectivity index (χ4v) is 2.25. The van der Waals surface area contributed by atoms with Gasteiger partial charge in [0.15, 0.2) is 0 Å². The van der Waals surface area contributed by atoms with Crippen molar-refractivity contribution in [3.63, 3.8) is 0 Å². The maximum atomic E-state index is 13.1. The Balaban J connectivity index is 1.68. The third kappa shape index (κ3) is 3.86. The van der Waals surface area contributed by atoms with E-state index in [1.165, 1.54) is 37.8 Å². The predicted octanol–water partition coefficient (Wildman–Crippen LogP) is 3.39. The molecule has 1 aliphatic carbocycles. The lowest BCUT2D eigenvalue weighted by molar-refractivity contribution is 0.304. The molecule has 1 aliphatic rings. The summed E-state index contributed by atoms with van der Waals surface area (Å²) in [5.74, 6) is 0.0908. The predicted molar refractivity (Wildman–Crippen MR) is 67.2 cm³/mol. The van der Waals surface area contributed by atoms with Crippen LogP contribution in [0.1, 0.15) is 25.7 Å². The second kappa shape index (κ2) is 6.22. The normalized spacial score (nSPS) is 16.4. The second-order valence-electron chi connectivity index (χ2n) is 4.36. The summed E-state index contributed by atoms with van der Waals surface area (Å²) in [4.78, 5) is 0. The topological polar surface area (TPSA) is 21.3 Å². The van der Waals surface area contributed by atoms with Gasteiger partial charge >= 0.3 is 0 Å². The van der Waals surface area contributed by atoms with Gasteiger partial charge in [0.05, 0.1) is 5.02 Å². The molecule has 0 saturated heterocycles. The lowest BCUT2D eigenvalue weighted by Gasteiger charge is -2.12. The van der Waals surface area contributed by atoms with Crippen LogP contribution in [0, 0.1) is 5.82 Å². The SMILES string of the molecule is Fc1cc(OCCNC2CCCC2)ccc1Cl. The van der Waals surface area contributed by atoms with Crippen molar-refractivity contribution in [1.82, 2.24) is 5.32 Å². The molecule has 0 aliphatic heterocycles. The van der Waals surface area contributed by atoms with Gasteiger partial charge in [-0.15, -0.1) is 0 Å². The molecule has 2 rings (SSSR count). The number of benzene rings is 1. The Morgan fingerprint density at radius 2 is 2.12 bits per heavy atom. The molecule has 0 atom stereocenters. The van der Waals surface area contributed by atoms with Gasteiger partial charge in [0.1, 0.15) is 18.2 Å². The van der Waals surface area contributed by atoms with Gasteiger partial charge in [-0.25, -0.2) is 4.39 Å². The molecule has 1 saturated carbocycles. The average molecular weight is 258 g/mol. The monoisotopic (exact) mass is 257 g/mol. The van der Waals surface area contributed by atoms with Crippen molar-refractivity contribution in [2.24, 2.45) is 0 Å². The number of halogens is 2. The minimum Gasteiger partial charge on any atom is -0.492 e. The smallest absolute Gasteiger partial charge is 0.145 e. The summed E-state index contributed by atoms with van der Waals surface area (Å²) in [6.07, 6.45) is 5.16. The number of rotatable bonds is 5. The number of ether oxygens (including phenoxy) is 1. The Hall–Kier alpha value is -0.800. The molecule has 0 spiro atoms. The van der Waals surface area contributed by atoms with Crippen LogP contribution in [0.2, 0.25) is 5.02 Å². The van der Waals surface area contributed by atoms with Gasteiger partial charge in [0.25, 0.3) is 0 Å². The third-order valence-electron chi connectivity index (χ3n) is 3.05. The Morgan fingerprint density at radius 1 is 1.35 bits per heavy atom. The Morgan fingerprint density at radius 3 is 2.82 bits per heavy atom. The van der Waals surface area contributed by atoms with Gasteiger partial charge in [0, 0.05) is 18.7 Å². The molecule has 0 heterocycles. The van der Waals surface area contributed by atoms with Crippen LogP contribution in [-0.4, -0.2) is 19.2 Å². The highest BCUT2D eigenvalue weighted by molar-refractivity contribution is 6.30. The summed E-state index contributed by atoms with van der Waals surface area (Å²) < 4.78 is 18.5. The zero-order valence-corrected chi connectivity index (χ0v) is 10.5. The maximum Gasteiger partial charge on any atom is 0.145 e. The third-order valence-corrected chi connectivity index (χ3v) is 3.36. The molecule has 94 valence electrons. The Labute approximate surface area is 106 Å². The van der Waals surface area contributed by atoms with Crippen LogP contribution < -0.4 is 10.1 Å². The molecule has 0 aromatic heterocycles. The second-order valence-corrected chi connectivity index (χ2v) is 4.77. The van der Waals surface area contributed by atoms with Gasteiger partial charge in [-0.2, -0.15) is 0 Å². The van der Waals surface area contributed by atoms with Crippen molar-refractivity contribution in [2.75, 3.05) is 13.2 Å². The van der Waals surface area contributed by atoms with Crippen molar-refractivity contribution in [3.8, 4) is 5.75 Å². The van der Waals surface area contributed by atoms with Gasteiger partial charge in [-0.05, 0) is 25.0 Å². The summed E-state index contributed by atoms with van der Waals surface area (Å²) in [5.41, 5.74) is 0. The van der Waals surface area contributed by atoms with Gasteiger partial charge in [0.2, 0.25) is 0 Å². The van der Waals surface area contributed by atoms with Crippen molar-refractivity contribution in [2.45, 2.75) is 31.7 Å². The lowest BCUT2D eigenvalue weighted by atomic mass is 10.2. The molecule has 17 heavy (non-hydrogen) atoms. The molecular formula is C13H17ClFNO. The fraction of sp³-hybridized carbons (Fsp3) is 0.538. The van der Waals surface area contributed by atoms with Crippen LogP contribution in [0.4, 0.5) is 4.39 Å². The molecule has 1 aromatic rings. The minimum atomic E-state index is -0.437. The van der Waals surface area contributed by atoms with E-state index in [9.17, 15) is 4.39 Å². The van der Waals surface area contributed by atoms with E-state index in [-0.39, 0.29) is 5.02 Å². The van der Waals surface area contributed by atoms with Crippen LogP contribution in [0.15, 0.2) is 18.2 Å². The summed E-state index contributed by atoms with van der Waals surface area (Å²) in [6, 6.07) is 5.15. The van der Waals surface area contributed by atoms with Gasteiger partial charge in [-0.1, -0.05) is 24.4 Å². The van der Waals surface area contributed by atoms with Crippen LogP contribution in [0.25, 0.3) is 0 Å². The fourth-order valence-electron chi connectivity index (χ4n) is 2.13. The van der Waals surface area contributed by atoms with E-state index in [0.29, 0.717) is 18.4 Å². The molecular weight excluding hydrogens is 241 g/mol. The molecule has 4 heteroatoms. The quantitative estimate of drug-likeness (QED) is 0.817. The first-order valence-corrected chi connectivity index (χ1v) is 6.45. The van der Waals surface area contributed by atoms with Crippen molar-refractivity contribution < 1.29 is 9.13 Å². The molecule has 1 N–H and O–H groups in total. The first-order valence-electron chi connectivity index (χ1n) is 6.07. The largest absolute Gasteiger partial charge is 0.492 e. The average Bonchev–Trinajstić information content (AvgIpc) is 2.82. The standard InChI is InChI=1S/C13H17ClFNO/c14-12-6-5-11(9-13(12)15)17-8-7-16-10-3-1-2-4-10/h5-6,9-10,16H,1-4,7-8H2. The molecule has 1 aromatic carbocycles. The van der Waals surface area contributed by atoms with Crippen LogP contribution in [0.5, 0.6) is 5.75 Å². The number of nitrogens with one attached hydrogen (secondary N) is 1. The first-order chi connectivity index (χ1) is 8.25. The zero-order valence-electron chi connectivity index (χ0n) is 9.72. The van der Waals surface area contributed by atoms with E-state index in [1.54, 1.807) is 6.07 Å². The summed E-state index contributed by atoms with van der Waals surface area (Å²) in [5, 5.41) is 3.56. The summed E-state index contributed by atoms with van der Waals surface area (Å²) in [7, 11) is 0. The maximum absolute atomic E-state index is 13.1. The van der Waals surface area contributed by atoms with E-state index in [4.69, 9.17) is 16.3 Å². The van der Waals surface area contributed by atoms with E-state index in [2.05, 4.69) is 5.32 Å². The Kier molecular flexibility index (Phi) is 4.63. The Bertz CT molecular complexity index is 366.